The molecule has 1 heterocycles. The van der Waals surface area contributed by atoms with Crippen LogP contribution >= 0.6 is 0 Å². The predicted molar refractivity (Wildman–Crippen MR) is 81.9 cm³/mol. The van der Waals surface area contributed by atoms with Gasteiger partial charge in [-0.1, -0.05) is 6.07 Å². The van der Waals surface area contributed by atoms with Crippen molar-refractivity contribution in [3.05, 3.63) is 23.8 Å². The third-order valence-electron chi connectivity index (χ3n) is 3.81. The molecule has 1 aliphatic heterocycles. The van der Waals surface area contributed by atoms with Crippen LogP contribution in [0.2, 0.25) is 0 Å². The van der Waals surface area contributed by atoms with E-state index in [4.69, 9.17) is 9.47 Å². The van der Waals surface area contributed by atoms with Crippen LogP contribution in [0.15, 0.2) is 18.2 Å². The number of amides is 1. The molecule has 1 aromatic carbocycles. The molecule has 0 bridgehead atoms. The number of nitrogens with one attached hydrogen (secondary N) is 1. The fourth-order valence-electron chi connectivity index (χ4n) is 2.73. The number of likely N-dealkylation sites (N-methyl/N-ethyl adjacent to an activating group) is 1. The zero-order valence-electron chi connectivity index (χ0n) is 13.0. The van der Waals surface area contributed by atoms with Crippen molar-refractivity contribution in [2.24, 2.45) is 0 Å². The van der Waals surface area contributed by atoms with Crippen molar-refractivity contribution >= 4 is 5.91 Å². The van der Waals surface area contributed by atoms with E-state index in [2.05, 4.69) is 5.32 Å². The van der Waals surface area contributed by atoms with Gasteiger partial charge in [0.2, 0.25) is 0 Å². The Bertz CT molecular complexity index is 490. The molecule has 1 amide bonds. The minimum atomic E-state index is 0.0374. The standard InChI is InChI=1S/C16H24N2O3/c1-12-6-7-14(15(9-12)20-3)21-11-16(19)18-8-4-5-13(18)10-17-2/h6-7,9,13,17H,4-5,8,10-11H2,1-3H3/t13-/m0/s1. The molecule has 1 aliphatic rings. The maximum atomic E-state index is 12.3. The number of hydrogen-bond donors (Lipinski definition) is 1. The smallest absolute Gasteiger partial charge is 0.260 e. The van der Waals surface area contributed by atoms with Crippen LogP contribution in [-0.2, 0) is 4.79 Å². The topological polar surface area (TPSA) is 50.8 Å². The summed E-state index contributed by atoms with van der Waals surface area (Å²) in [5, 5.41) is 3.14. The van der Waals surface area contributed by atoms with Gasteiger partial charge in [0.1, 0.15) is 0 Å². The number of ether oxygens (including phenoxy) is 2. The summed E-state index contributed by atoms with van der Waals surface area (Å²) in [7, 11) is 3.52. The van der Waals surface area contributed by atoms with Crippen LogP contribution in [0.1, 0.15) is 18.4 Å². The summed E-state index contributed by atoms with van der Waals surface area (Å²) in [6.45, 7) is 3.70. The van der Waals surface area contributed by atoms with Gasteiger partial charge in [-0.2, -0.15) is 0 Å². The van der Waals surface area contributed by atoms with Crippen LogP contribution in [0.5, 0.6) is 11.5 Å². The first-order valence-corrected chi connectivity index (χ1v) is 7.37. The monoisotopic (exact) mass is 292 g/mol. The molecule has 0 aromatic heterocycles. The summed E-state index contributed by atoms with van der Waals surface area (Å²) in [5.41, 5.74) is 1.10. The molecule has 5 nitrogen and oxygen atoms in total. The molecule has 1 N–H and O–H groups in total. The van der Waals surface area contributed by atoms with E-state index in [-0.39, 0.29) is 18.6 Å². The molecular formula is C16H24N2O3. The SMILES string of the molecule is CNC[C@@H]1CCCN1C(=O)COc1ccc(C)cc1OC. The molecule has 0 unspecified atom stereocenters. The highest BCUT2D eigenvalue weighted by atomic mass is 16.5. The number of carbonyl (C=O) groups excluding carboxylic acids is 1. The average molecular weight is 292 g/mol. The van der Waals surface area contributed by atoms with Gasteiger partial charge in [0.15, 0.2) is 18.1 Å². The van der Waals surface area contributed by atoms with Crippen molar-refractivity contribution in [2.45, 2.75) is 25.8 Å². The van der Waals surface area contributed by atoms with E-state index < -0.39 is 0 Å². The minimum Gasteiger partial charge on any atom is -0.493 e. The lowest BCUT2D eigenvalue weighted by Gasteiger charge is -2.24. The highest BCUT2D eigenvalue weighted by Gasteiger charge is 2.28. The predicted octanol–water partition coefficient (Wildman–Crippen LogP) is 1.59. The van der Waals surface area contributed by atoms with Gasteiger partial charge in [-0.05, 0) is 44.5 Å². The molecule has 5 heteroatoms. The molecule has 2 rings (SSSR count). The van der Waals surface area contributed by atoms with E-state index in [9.17, 15) is 4.79 Å². The number of rotatable bonds is 6. The third-order valence-corrected chi connectivity index (χ3v) is 3.81. The number of benzene rings is 1. The summed E-state index contributed by atoms with van der Waals surface area (Å²) in [4.78, 5) is 14.2. The Labute approximate surface area is 126 Å². The summed E-state index contributed by atoms with van der Waals surface area (Å²) in [6.07, 6.45) is 2.12. The number of aryl methyl sites for hydroxylation is 1. The number of carbonyl (C=O) groups is 1. The molecule has 116 valence electrons. The number of methoxy groups -OCH3 is 1. The van der Waals surface area contributed by atoms with Crippen molar-refractivity contribution < 1.29 is 14.3 Å². The molecule has 0 radical (unpaired) electrons. The lowest BCUT2D eigenvalue weighted by Crippen LogP contribution is -2.43. The first-order chi connectivity index (χ1) is 10.2. The van der Waals surface area contributed by atoms with E-state index in [0.717, 1.165) is 31.5 Å². The second-order valence-electron chi connectivity index (χ2n) is 5.38. The highest BCUT2D eigenvalue weighted by Crippen LogP contribution is 2.28. The van der Waals surface area contributed by atoms with Crippen LogP contribution in [0.3, 0.4) is 0 Å². The maximum absolute atomic E-state index is 12.3. The third kappa shape index (κ3) is 3.88. The Morgan fingerprint density at radius 2 is 2.24 bits per heavy atom. The second-order valence-corrected chi connectivity index (χ2v) is 5.38. The normalized spacial score (nSPS) is 17.9. The highest BCUT2D eigenvalue weighted by molar-refractivity contribution is 5.78. The van der Waals surface area contributed by atoms with Gasteiger partial charge in [-0.25, -0.2) is 0 Å². The largest absolute Gasteiger partial charge is 0.493 e. The molecular weight excluding hydrogens is 268 g/mol. The van der Waals surface area contributed by atoms with Crippen molar-refractivity contribution in [3.63, 3.8) is 0 Å². The first-order valence-electron chi connectivity index (χ1n) is 7.37. The fraction of sp³-hybridized carbons (Fsp3) is 0.562. The van der Waals surface area contributed by atoms with Crippen LogP contribution in [0.25, 0.3) is 0 Å². The molecule has 21 heavy (non-hydrogen) atoms. The molecule has 1 fully saturated rings. The molecule has 1 saturated heterocycles. The molecule has 0 saturated carbocycles. The van der Waals surface area contributed by atoms with Gasteiger partial charge in [-0.15, -0.1) is 0 Å². The number of nitrogens with zero attached hydrogens (tertiary/aromatic N) is 1. The van der Waals surface area contributed by atoms with E-state index in [1.54, 1.807) is 7.11 Å². The Morgan fingerprint density at radius 1 is 1.43 bits per heavy atom. The molecule has 1 atom stereocenters. The molecule has 1 aromatic rings. The van der Waals surface area contributed by atoms with Crippen LogP contribution in [0, 0.1) is 6.92 Å². The van der Waals surface area contributed by atoms with E-state index >= 15 is 0 Å². The summed E-state index contributed by atoms with van der Waals surface area (Å²) < 4.78 is 10.9. The Balaban J connectivity index is 1.95. The average Bonchev–Trinajstić information content (AvgIpc) is 2.94. The van der Waals surface area contributed by atoms with Crippen molar-refractivity contribution in [2.75, 3.05) is 33.9 Å². The molecule has 0 spiro atoms. The fourth-order valence-corrected chi connectivity index (χ4v) is 2.73. The molecule has 0 aliphatic carbocycles. The quantitative estimate of drug-likeness (QED) is 0.865. The van der Waals surface area contributed by atoms with Gasteiger partial charge in [0, 0.05) is 19.1 Å². The lowest BCUT2D eigenvalue weighted by atomic mass is 10.2. The minimum absolute atomic E-state index is 0.0374. The van der Waals surface area contributed by atoms with Gasteiger partial charge in [0.05, 0.1) is 7.11 Å². The van der Waals surface area contributed by atoms with Crippen LogP contribution in [-0.4, -0.2) is 50.7 Å². The summed E-state index contributed by atoms with van der Waals surface area (Å²) in [6, 6.07) is 5.98. The van der Waals surface area contributed by atoms with Gasteiger partial charge in [0.25, 0.3) is 5.91 Å². The van der Waals surface area contributed by atoms with E-state index in [1.165, 1.54) is 0 Å². The van der Waals surface area contributed by atoms with Crippen molar-refractivity contribution in [3.8, 4) is 11.5 Å². The Morgan fingerprint density at radius 3 is 2.95 bits per heavy atom. The van der Waals surface area contributed by atoms with Gasteiger partial charge >= 0.3 is 0 Å². The zero-order valence-corrected chi connectivity index (χ0v) is 13.0. The zero-order chi connectivity index (χ0) is 15.2. The number of hydrogen-bond acceptors (Lipinski definition) is 4. The Kier molecular flexibility index (Phi) is 5.44. The number of likely N-dealkylation sites (tertiary alicyclic amines) is 1. The van der Waals surface area contributed by atoms with Gasteiger partial charge in [-0.3, -0.25) is 4.79 Å². The Hall–Kier alpha value is -1.75. The van der Waals surface area contributed by atoms with E-state index in [1.807, 2.05) is 37.1 Å². The second kappa shape index (κ2) is 7.31. The van der Waals surface area contributed by atoms with Crippen molar-refractivity contribution in [1.29, 1.82) is 0 Å². The first kappa shape index (κ1) is 15.6. The van der Waals surface area contributed by atoms with Crippen molar-refractivity contribution in [1.82, 2.24) is 10.2 Å². The maximum Gasteiger partial charge on any atom is 0.260 e. The van der Waals surface area contributed by atoms with Gasteiger partial charge < -0.3 is 19.7 Å². The van der Waals surface area contributed by atoms with Crippen LogP contribution in [0.4, 0.5) is 0 Å². The lowest BCUT2D eigenvalue weighted by molar-refractivity contribution is -0.134. The van der Waals surface area contributed by atoms with E-state index in [0.29, 0.717) is 11.5 Å². The summed E-state index contributed by atoms with van der Waals surface area (Å²) in [5.74, 6) is 1.31. The van der Waals surface area contributed by atoms with Crippen LogP contribution < -0.4 is 14.8 Å². The summed E-state index contributed by atoms with van der Waals surface area (Å²) >= 11 is 0.